The van der Waals surface area contributed by atoms with E-state index in [1.807, 2.05) is 81.4 Å². The lowest BCUT2D eigenvalue weighted by molar-refractivity contribution is -0.130. The molecule has 132 valence electrons. The fourth-order valence-corrected chi connectivity index (χ4v) is 2.99. The number of nitrogens with one attached hydrogen (secondary N) is 1. The molecule has 0 radical (unpaired) electrons. The van der Waals surface area contributed by atoms with E-state index in [4.69, 9.17) is 5.73 Å². The Balaban J connectivity index is 2.46. The number of carbonyl (C=O) groups is 2. The van der Waals surface area contributed by atoms with Gasteiger partial charge in [0.05, 0.1) is 5.41 Å². The summed E-state index contributed by atoms with van der Waals surface area (Å²) in [4.78, 5) is 25.1. The summed E-state index contributed by atoms with van der Waals surface area (Å²) in [5.74, 6) is -0.766. The quantitative estimate of drug-likeness (QED) is 0.814. The van der Waals surface area contributed by atoms with Gasteiger partial charge in [0.15, 0.2) is 0 Å². The monoisotopic (exact) mass is 338 g/mol. The van der Waals surface area contributed by atoms with E-state index in [-0.39, 0.29) is 11.8 Å². The molecule has 4 heteroatoms. The first kappa shape index (κ1) is 18.7. The molecular formula is C21H26N2O2. The largest absolute Gasteiger partial charge is 0.368 e. The Labute approximate surface area is 149 Å². The van der Waals surface area contributed by atoms with Crippen LogP contribution in [0.1, 0.15) is 38.3 Å². The maximum atomic E-state index is 13.3. The van der Waals surface area contributed by atoms with Crippen molar-refractivity contribution in [3.8, 4) is 0 Å². The highest BCUT2D eigenvalue weighted by atomic mass is 16.2. The van der Waals surface area contributed by atoms with Crippen LogP contribution < -0.4 is 11.1 Å². The number of carbonyl (C=O) groups excluding carboxylic acids is 2. The number of amides is 2. The third-order valence-corrected chi connectivity index (χ3v) is 4.96. The summed E-state index contributed by atoms with van der Waals surface area (Å²) in [6.07, 6.45) is 0.751. The maximum absolute atomic E-state index is 13.3. The van der Waals surface area contributed by atoms with Gasteiger partial charge in [-0.3, -0.25) is 9.59 Å². The lowest BCUT2D eigenvalue weighted by Gasteiger charge is -2.32. The van der Waals surface area contributed by atoms with Crippen molar-refractivity contribution in [3.63, 3.8) is 0 Å². The highest BCUT2D eigenvalue weighted by Gasteiger charge is 2.39. The summed E-state index contributed by atoms with van der Waals surface area (Å²) in [5, 5.41) is 2.89. The van der Waals surface area contributed by atoms with Crippen molar-refractivity contribution in [2.24, 2.45) is 11.7 Å². The van der Waals surface area contributed by atoms with Gasteiger partial charge in [-0.2, -0.15) is 0 Å². The first-order valence-corrected chi connectivity index (χ1v) is 8.62. The molecule has 0 aliphatic rings. The SMILES string of the molecule is CC[C@@H](C)[C@H](NC(=O)C(C)(c1ccccc1)c1ccccc1)C(N)=O. The molecule has 0 aliphatic heterocycles. The molecule has 3 N–H and O–H groups in total. The Hall–Kier alpha value is -2.62. The highest BCUT2D eigenvalue weighted by molar-refractivity contribution is 5.95. The van der Waals surface area contributed by atoms with Crippen molar-refractivity contribution in [1.29, 1.82) is 0 Å². The van der Waals surface area contributed by atoms with Gasteiger partial charge in [0.1, 0.15) is 6.04 Å². The Morgan fingerprint density at radius 3 is 1.80 bits per heavy atom. The molecule has 0 fully saturated rings. The smallest absolute Gasteiger partial charge is 0.240 e. The summed E-state index contributed by atoms with van der Waals surface area (Å²) in [7, 11) is 0. The van der Waals surface area contributed by atoms with Crippen LogP contribution in [0.3, 0.4) is 0 Å². The minimum Gasteiger partial charge on any atom is -0.368 e. The average Bonchev–Trinajstić information content (AvgIpc) is 2.65. The second-order valence-electron chi connectivity index (χ2n) is 6.60. The molecular weight excluding hydrogens is 312 g/mol. The van der Waals surface area contributed by atoms with E-state index in [0.717, 1.165) is 17.5 Å². The van der Waals surface area contributed by atoms with Gasteiger partial charge in [0.25, 0.3) is 0 Å². The zero-order valence-corrected chi connectivity index (χ0v) is 15.0. The Bertz CT molecular complexity index is 674. The van der Waals surface area contributed by atoms with Crippen LogP contribution in [0.2, 0.25) is 0 Å². The van der Waals surface area contributed by atoms with Crippen molar-refractivity contribution in [3.05, 3.63) is 71.8 Å². The van der Waals surface area contributed by atoms with E-state index in [0.29, 0.717) is 0 Å². The van der Waals surface area contributed by atoms with E-state index < -0.39 is 17.4 Å². The number of hydrogen-bond donors (Lipinski definition) is 2. The van der Waals surface area contributed by atoms with E-state index in [2.05, 4.69) is 5.32 Å². The molecule has 2 aromatic rings. The summed E-state index contributed by atoms with van der Waals surface area (Å²) in [5.41, 5.74) is 6.35. The van der Waals surface area contributed by atoms with Gasteiger partial charge in [-0.25, -0.2) is 0 Å². The molecule has 0 aliphatic carbocycles. The number of nitrogens with two attached hydrogens (primary N) is 1. The van der Waals surface area contributed by atoms with Gasteiger partial charge >= 0.3 is 0 Å². The Kier molecular flexibility index (Phi) is 5.97. The van der Waals surface area contributed by atoms with Gasteiger partial charge in [0, 0.05) is 0 Å². The predicted octanol–water partition coefficient (Wildman–Crippen LogP) is 3.01. The van der Waals surface area contributed by atoms with Crippen LogP contribution in [-0.4, -0.2) is 17.9 Å². The zero-order valence-electron chi connectivity index (χ0n) is 15.0. The molecule has 0 spiro atoms. The number of rotatable bonds is 7. The fraction of sp³-hybridized carbons (Fsp3) is 0.333. The topological polar surface area (TPSA) is 72.2 Å². The minimum absolute atomic E-state index is 0.0303. The van der Waals surface area contributed by atoms with Gasteiger partial charge < -0.3 is 11.1 Å². The number of benzene rings is 2. The van der Waals surface area contributed by atoms with Gasteiger partial charge in [0.2, 0.25) is 11.8 Å². The first-order chi connectivity index (χ1) is 11.9. The molecule has 0 saturated heterocycles. The lowest BCUT2D eigenvalue weighted by atomic mass is 9.75. The van der Waals surface area contributed by atoms with Crippen LogP contribution in [0.25, 0.3) is 0 Å². The summed E-state index contributed by atoms with van der Waals surface area (Å²) >= 11 is 0. The Morgan fingerprint density at radius 2 is 1.44 bits per heavy atom. The normalized spacial score (nSPS) is 13.7. The zero-order chi connectivity index (χ0) is 18.4. The second-order valence-corrected chi connectivity index (χ2v) is 6.60. The first-order valence-electron chi connectivity index (χ1n) is 8.62. The van der Waals surface area contributed by atoms with Crippen LogP contribution >= 0.6 is 0 Å². The third kappa shape index (κ3) is 3.90. The molecule has 25 heavy (non-hydrogen) atoms. The molecule has 0 saturated carbocycles. The fourth-order valence-electron chi connectivity index (χ4n) is 2.99. The van der Waals surface area contributed by atoms with Crippen LogP contribution in [0.15, 0.2) is 60.7 Å². The van der Waals surface area contributed by atoms with E-state index in [9.17, 15) is 9.59 Å². The Morgan fingerprint density at radius 1 is 1.00 bits per heavy atom. The number of hydrogen-bond acceptors (Lipinski definition) is 2. The van der Waals surface area contributed by atoms with Crippen molar-refractivity contribution < 1.29 is 9.59 Å². The van der Waals surface area contributed by atoms with Crippen LogP contribution in [0, 0.1) is 5.92 Å². The second kappa shape index (κ2) is 7.97. The van der Waals surface area contributed by atoms with Crippen LogP contribution in [-0.2, 0) is 15.0 Å². The molecule has 0 unspecified atom stereocenters. The van der Waals surface area contributed by atoms with Gasteiger partial charge in [-0.05, 0) is 24.0 Å². The van der Waals surface area contributed by atoms with Crippen molar-refractivity contribution in [2.45, 2.75) is 38.6 Å². The average molecular weight is 338 g/mol. The molecule has 4 nitrogen and oxygen atoms in total. The molecule has 0 aromatic heterocycles. The molecule has 2 atom stereocenters. The van der Waals surface area contributed by atoms with Crippen LogP contribution in [0.5, 0.6) is 0 Å². The molecule has 2 rings (SSSR count). The summed E-state index contributed by atoms with van der Waals surface area (Å²) in [6, 6.07) is 18.5. The van der Waals surface area contributed by atoms with E-state index in [1.54, 1.807) is 0 Å². The lowest BCUT2D eigenvalue weighted by Crippen LogP contribution is -2.54. The van der Waals surface area contributed by atoms with Crippen molar-refractivity contribution in [2.75, 3.05) is 0 Å². The highest BCUT2D eigenvalue weighted by Crippen LogP contribution is 2.32. The summed E-state index contributed by atoms with van der Waals surface area (Å²) in [6.45, 7) is 5.76. The number of primary amides is 1. The molecule has 2 amide bonds. The molecule has 0 bridgehead atoms. The van der Waals surface area contributed by atoms with E-state index >= 15 is 0 Å². The third-order valence-electron chi connectivity index (χ3n) is 4.96. The van der Waals surface area contributed by atoms with Crippen LogP contribution in [0.4, 0.5) is 0 Å². The van der Waals surface area contributed by atoms with Crippen molar-refractivity contribution >= 4 is 11.8 Å². The molecule has 2 aromatic carbocycles. The maximum Gasteiger partial charge on any atom is 0.240 e. The van der Waals surface area contributed by atoms with Crippen molar-refractivity contribution in [1.82, 2.24) is 5.32 Å². The van der Waals surface area contributed by atoms with Gasteiger partial charge in [-0.1, -0.05) is 80.9 Å². The predicted molar refractivity (Wildman–Crippen MR) is 99.9 cm³/mol. The standard InChI is InChI=1S/C21H26N2O2/c1-4-15(2)18(19(22)24)23-20(25)21(3,16-11-7-5-8-12-16)17-13-9-6-10-14-17/h5-15,18H,4H2,1-3H3,(H2,22,24)(H,23,25)/t15-,18+/m1/s1. The summed E-state index contributed by atoms with van der Waals surface area (Å²) < 4.78 is 0. The van der Waals surface area contributed by atoms with Gasteiger partial charge in [-0.15, -0.1) is 0 Å². The van der Waals surface area contributed by atoms with E-state index in [1.165, 1.54) is 0 Å². The molecule has 0 heterocycles. The minimum atomic E-state index is -0.913.